The number of hydrogen-bond acceptors (Lipinski definition) is 2. The molecule has 0 aromatic heterocycles. The van der Waals surface area contributed by atoms with Crippen LogP contribution in [0.2, 0.25) is 0 Å². The van der Waals surface area contributed by atoms with E-state index < -0.39 is 0 Å². The zero-order valence-corrected chi connectivity index (χ0v) is 14.2. The summed E-state index contributed by atoms with van der Waals surface area (Å²) >= 11 is 3.53. The van der Waals surface area contributed by atoms with Crippen molar-refractivity contribution < 1.29 is 0 Å². The van der Waals surface area contributed by atoms with Gasteiger partial charge in [-0.1, -0.05) is 53.7 Å². The van der Waals surface area contributed by atoms with Crippen molar-refractivity contribution in [2.24, 2.45) is 0 Å². The summed E-state index contributed by atoms with van der Waals surface area (Å²) in [7, 11) is 2.20. The molecule has 1 fully saturated rings. The summed E-state index contributed by atoms with van der Waals surface area (Å²) in [4.78, 5) is 2.39. The summed E-state index contributed by atoms with van der Waals surface area (Å²) in [6, 6.07) is 9.35. The second kappa shape index (κ2) is 8.81. The first-order chi connectivity index (χ1) is 9.74. The fourth-order valence-corrected chi connectivity index (χ4v) is 3.42. The Morgan fingerprint density at radius 1 is 1.20 bits per heavy atom. The van der Waals surface area contributed by atoms with E-state index in [2.05, 4.69) is 57.5 Å². The van der Waals surface area contributed by atoms with E-state index in [1.165, 1.54) is 48.6 Å². The van der Waals surface area contributed by atoms with E-state index in [1.54, 1.807) is 0 Å². The Kier molecular flexibility index (Phi) is 7.05. The molecular formula is C17H27BrN2. The third-order valence-corrected chi connectivity index (χ3v) is 4.62. The van der Waals surface area contributed by atoms with E-state index in [0.29, 0.717) is 0 Å². The third-order valence-electron chi connectivity index (χ3n) is 4.12. The molecule has 1 aliphatic rings. The number of benzene rings is 1. The average molecular weight is 339 g/mol. The maximum atomic E-state index is 3.74. The molecule has 1 aromatic rings. The van der Waals surface area contributed by atoms with E-state index in [9.17, 15) is 0 Å². The Bertz CT molecular complexity index is 386. The van der Waals surface area contributed by atoms with Crippen molar-refractivity contribution >= 4 is 15.9 Å². The second-order valence-corrected chi connectivity index (χ2v) is 6.93. The topological polar surface area (TPSA) is 15.3 Å². The molecule has 0 atom stereocenters. The van der Waals surface area contributed by atoms with Crippen molar-refractivity contribution in [1.82, 2.24) is 10.2 Å². The summed E-state index contributed by atoms with van der Waals surface area (Å²) in [5.41, 5.74) is 1.37. The van der Waals surface area contributed by atoms with Gasteiger partial charge in [-0.05, 0) is 37.6 Å². The molecule has 0 unspecified atom stereocenters. The smallest absolute Gasteiger partial charge is 0.0231 e. The predicted octanol–water partition coefficient (Wildman–Crippen LogP) is 4.19. The van der Waals surface area contributed by atoms with Crippen LogP contribution >= 0.6 is 15.9 Å². The first-order valence-electron chi connectivity index (χ1n) is 7.90. The van der Waals surface area contributed by atoms with E-state index in [-0.39, 0.29) is 0 Å². The number of halogens is 1. The summed E-state index contributed by atoms with van der Waals surface area (Å²) in [5, 5.41) is 3.74. The van der Waals surface area contributed by atoms with Gasteiger partial charge in [-0.15, -0.1) is 0 Å². The van der Waals surface area contributed by atoms with Gasteiger partial charge < -0.3 is 10.2 Å². The zero-order valence-electron chi connectivity index (χ0n) is 12.6. The maximum absolute atomic E-state index is 3.74. The van der Waals surface area contributed by atoms with Crippen LogP contribution in [-0.2, 0) is 6.54 Å². The predicted molar refractivity (Wildman–Crippen MR) is 90.0 cm³/mol. The third kappa shape index (κ3) is 5.94. The van der Waals surface area contributed by atoms with E-state index >= 15 is 0 Å². The molecule has 0 amide bonds. The molecule has 0 radical (unpaired) electrons. The van der Waals surface area contributed by atoms with E-state index in [4.69, 9.17) is 0 Å². The fourth-order valence-electron chi connectivity index (χ4n) is 2.97. The van der Waals surface area contributed by atoms with Gasteiger partial charge in [0.1, 0.15) is 0 Å². The summed E-state index contributed by atoms with van der Waals surface area (Å²) in [6.45, 7) is 3.24. The lowest BCUT2D eigenvalue weighted by molar-refractivity contribution is 0.312. The van der Waals surface area contributed by atoms with Crippen LogP contribution in [0.15, 0.2) is 28.7 Å². The monoisotopic (exact) mass is 338 g/mol. The molecule has 2 rings (SSSR count). The molecule has 1 N–H and O–H groups in total. The molecule has 0 bridgehead atoms. The van der Waals surface area contributed by atoms with Crippen molar-refractivity contribution in [3.63, 3.8) is 0 Å². The quantitative estimate of drug-likeness (QED) is 0.782. The van der Waals surface area contributed by atoms with Gasteiger partial charge in [-0.2, -0.15) is 0 Å². The Hall–Kier alpha value is -0.380. The SMILES string of the molecule is CN(CCNC1CCCCCC1)Cc1cccc(Br)c1. The standard InChI is InChI=1S/C17H27BrN2/c1-20(14-15-7-6-8-16(18)13-15)12-11-19-17-9-4-2-3-5-10-17/h6-8,13,17,19H,2-5,9-12,14H2,1H3. The van der Waals surface area contributed by atoms with Crippen LogP contribution in [0.3, 0.4) is 0 Å². The molecule has 112 valence electrons. The number of rotatable bonds is 6. The minimum atomic E-state index is 0.761. The molecular weight excluding hydrogens is 312 g/mol. The van der Waals surface area contributed by atoms with Gasteiger partial charge in [0.2, 0.25) is 0 Å². The van der Waals surface area contributed by atoms with Crippen LogP contribution in [0, 0.1) is 0 Å². The number of hydrogen-bond donors (Lipinski definition) is 1. The first kappa shape index (κ1) is 16.0. The number of nitrogens with zero attached hydrogens (tertiary/aromatic N) is 1. The van der Waals surface area contributed by atoms with E-state index in [0.717, 1.165) is 25.7 Å². The minimum Gasteiger partial charge on any atom is -0.313 e. The Morgan fingerprint density at radius 2 is 1.95 bits per heavy atom. The summed E-state index contributed by atoms with van der Waals surface area (Å²) < 4.78 is 1.17. The lowest BCUT2D eigenvalue weighted by atomic mass is 10.1. The van der Waals surface area contributed by atoms with Crippen molar-refractivity contribution in [3.05, 3.63) is 34.3 Å². The highest BCUT2D eigenvalue weighted by Crippen LogP contribution is 2.17. The van der Waals surface area contributed by atoms with E-state index in [1.807, 2.05) is 0 Å². The van der Waals surface area contributed by atoms with Crippen molar-refractivity contribution in [1.29, 1.82) is 0 Å². The zero-order chi connectivity index (χ0) is 14.2. The average Bonchev–Trinajstić information content (AvgIpc) is 2.67. The summed E-state index contributed by atoms with van der Waals surface area (Å²) in [6.07, 6.45) is 8.42. The van der Waals surface area contributed by atoms with Crippen molar-refractivity contribution in [3.8, 4) is 0 Å². The number of nitrogens with one attached hydrogen (secondary N) is 1. The largest absolute Gasteiger partial charge is 0.313 e. The molecule has 1 saturated carbocycles. The minimum absolute atomic E-state index is 0.761. The van der Waals surface area contributed by atoms with Gasteiger partial charge in [-0.25, -0.2) is 0 Å². The molecule has 2 nitrogen and oxygen atoms in total. The van der Waals surface area contributed by atoms with Crippen LogP contribution in [0.5, 0.6) is 0 Å². The molecule has 3 heteroatoms. The van der Waals surface area contributed by atoms with Crippen LogP contribution in [0.25, 0.3) is 0 Å². The first-order valence-corrected chi connectivity index (χ1v) is 8.70. The molecule has 0 saturated heterocycles. The molecule has 0 aliphatic heterocycles. The van der Waals surface area contributed by atoms with Gasteiger partial charge in [0, 0.05) is 30.1 Å². The van der Waals surface area contributed by atoms with Crippen molar-refractivity contribution in [2.45, 2.75) is 51.1 Å². The van der Waals surface area contributed by atoms with Crippen molar-refractivity contribution in [2.75, 3.05) is 20.1 Å². The molecule has 0 spiro atoms. The molecule has 1 aliphatic carbocycles. The van der Waals surface area contributed by atoms with Crippen LogP contribution in [0.4, 0.5) is 0 Å². The number of likely N-dealkylation sites (N-methyl/N-ethyl adjacent to an activating group) is 1. The van der Waals surface area contributed by atoms with Gasteiger partial charge in [0.15, 0.2) is 0 Å². The highest BCUT2D eigenvalue weighted by atomic mass is 79.9. The Morgan fingerprint density at radius 3 is 2.65 bits per heavy atom. The summed E-state index contributed by atoms with van der Waals surface area (Å²) in [5.74, 6) is 0. The van der Waals surface area contributed by atoms with Gasteiger partial charge in [0.25, 0.3) is 0 Å². The second-order valence-electron chi connectivity index (χ2n) is 6.01. The highest BCUT2D eigenvalue weighted by molar-refractivity contribution is 9.10. The normalized spacial score (nSPS) is 17.4. The van der Waals surface area contributed by atoms with Crippen LogP contribution < -0.4 is 5.32 Å². The lowest BCUT2D eigenvalue weighted by Crippen LogP contribution is -2.35. The highest BCUT2D eigenvalue weighted by Gasteiger charge is 2.11. The molecule has 20 heavy (non-hydrogen) atoms. The Balaban J connectivity index is 1.65. The van der Waals surface area contributed by atoms with Crippen LogP contribution in [0.1, 0.15) is 44.1 Å². The van der Waals surface area contributed by atoms with Gasteiger partial charge >= 0.3 is 0 Å². The molecule has 0 heterocycles. The lowest BCUT2D eigenvalue weighted by Gasteiger charge is -2.20. The fraction of sp³-hybridized carbons (Fsp3) is 0.647. The van der Waals surface area contributed by atoms with Gasteiger partial charge in [-0.3, -0.25) is 0 Å². The van der Waals surface area contributed by atoms with Crippen LogP contribution in [-0.4, -0.2) is 31.1 Å². The Labute approximate surface area is 132 Å². The maximum Gasteiger partial charge on any atom is 0.0231 e. The van der Waals surface area contributed by atoms with Gasteiger partial charge in [0.05, 0.1) is 0 Å². The molecule has 1 aromatic carbocycles.